The summed E-state index contributed by atoms with van der Waals surface area (Å²) in [4.78, 5) is 6.23. The molecule has 0 atom stereocenters. The van der Waals surface area contributed by atoms with Crippen molar-refractivity contribution in [1.82, 2.24) is 4.98 Å². The number of nitrogen functional groups attached to an aromatic ring is 1. The van der Waals surface area contributed by atoms with E-state index >= 15 is 0 Å². The van der Waals surface area contributed by atoms with Gasteiger partial charge in [-0.1, -0.05) is 12.8 Å². The van der Waals surface area contributed by atoms with Gasteiger partial charge in [-0.2, -0.15) is 0 Å². The molecule has 0 aromatic carbocycles. The summed E-state index contributed by atoms with van der Waals surface area (Å²) in [5.74, 6) is 3.39. The first kappa shape index (κ1) is 10.4. The maximum Gasteiger partial charge on any atom is 0.152 e. The van der Waals surface area contributed by atoms with Gasteiger partial charge in [-0.25, -0.2) is 4.98 Å². The minimum absolute atomic E-state index is 0.551. The van der Waals surface area contributed by atoms with E-state index in [1.165, 1.54) is 0 Å². The molecule has 3 heteroatoms. The molecule has 1 aromatic heterocycles. The van der Waals surface area contributed by atoms with Crippen molar-refractivity contribution in [3.05, 3.63) is 18.3 Å². The predicted octanol–water partition coefficient (Wildman–Crippen LogP) is 1.51. The van der Waals surface area contributed by atoms with Gasteiger partial charge in [0.2, 0.25) is 0 Å². The van der Waals surface area contributed by atoms with Crippen molar-refractivity contribution in [1.29, 1.82) is 0 Å². The molecule has 1 rings (SSSR count). The molecule has 3 nitrogen and oxygen atoms in total. The van der Waals surface area contributed by atoms with Gasteiger partial charge in [0.25, 0.3) is 0 Å². The van der Waals surface area contributed by atoms with E-state index in [4.69, 9.17) is 12.2 Å². The Kier molecular flexibility index (Phi) is 3.81. The van der Waals surface area contributed by atoms with Crippen molar-refractivity contribution in [3.8, 4) is 12.3 Å². The van der Waals surface area contributed by atoms with Gasteiger partial charge in [0.1, 0.15) is 0 Å². The monoisotopic (exact) mass is 189 g/mol. The van der Waals surface area contributed by atoms with E-state index in [1.807, 2.05) is 17.0 Å². The van der Waals surface area contributed by atoms with Gasteiger partial charge in [0.15, 0.2) is 5.82 Å². The zero-order valence-electron chi connectivity index (χ0n) is 8.40. The summed E-state index contributed by atoms with van der Waals surface area (Å²) < 4.78 is 0. The van der Waals surface area contributed by atoms with Crippen molar-refractivity contribution >= 4 is 11.5 Å². The Hall–Kier alpha value is -1.69. The minimum atomic E-state index is 0.551. The highest BCUT2D eigenvalue weighted by molar-refractivity contribution is 5.62. The number of rotatable bonds is 4. The summed E-state index contributed by atoms with van der Waals surface area (Å²) in [6.07, 6.45) is 8.04. The Balaban J connectivity index is 2.88. The minimum Gasteiger partial charge on any atom is -0.396 e. The number of anilines is 2. The fraction of sp³-hybridized carbons (Fsp3) is 0.364. The molecule has 0 saturated carbocycles. The van der Waals surface area contributed by atoms with Crippen LogP contribution < -0.4 is 10.6 Å². The van der Waals surface area contributed by atoms with Crippen LogP contribution in [0.25, 0.3) is 0 Å². The van der Waals surface area contributed by atoms with Gasteiger partial charge in [0.05, 0.1) is 12.2 Å². The molecular formula is C11H15N3. The standard InChI is InChI=1S/C11H15N3/c1-3-8-14(9-4-2)11-10(12)6-5-7-13-11/h1,5-7H,4,8-9,12H2,2H3. The smallest absolute Gasteiger partial charge is 0.152 e. The van der Waals surface area contributed by atoms with Gasteiger partial charge in [-0.15, -0.1) is 6.42 Å². The topological polar surface area (TPSA) is 42.2 Å². The summed E-state index contributed by atoms with van der Waals surface area (Å²) in [5, 5.41) is 0. The van der Waals surface area contributed by atoms with E-state index in [0.29, 0.717) is 12.2 Å². The van der Waals surface area contributed by atoms with Crippen molar-refractivity contribution < 1.29 is 0 Å². The number of nitrogens with two attached hydrogens (primary N) is 1. The predicted molar refractivity (Wildman–Crippen MR) is 60.0 cm³/mol. The zero-order valence-corrected chi connectivity index (χ0v) is 8.40. The van der Waals surface area contributed by atoms with Crippen LogP contribution in [0.3, 0.4) is 0 Å². The molecule has 0 bridgehead atoms. The Bertz CT molecular complexity index is 328. The summed E-state index contributed by atoms with van der Waals surface area (Å²) in [5.41, 5.74) is 6.49. The van der Waals surface area contributed by atoms with Gasteiger partial charge in [-0.05, 0) is 18.6 Å². The summed E-state index contributed by atoms with van der Waals surface area (Å²) in [6, 6.07) is 3.65. The van der Waals surface area contributed by atoms with Crippen LogP contribution in [0.4, 0.5) is 11.5 Å². The van der Waals surface area contributed by atoms with Crippen LogP contribution in [-0.4, -0.2) is 18.1 Å². The molecule has 0 aliphatic carbocycles. The van der Waals surface area contributed by atoms with Crippen LogP contribution in [0.1, 0.15) is 13.3 Å². The quantitative estimate of drug-likeness (QED) is 0.730. The highest BCUT2D eigenvalue weighted by Crippen LogP contribution is 2.18. The molecule has 0 aliphatic rings. The molecule has 0 spiro atoms. The highest BCUT2D eigenvalue weighted by atomic mass is 15.2. The largest absolute Gasteiger partial charge is 0.396 e. The number of pyridine rings is 1. The fourth-order valence-electron chi connectivity index (χ4n) is 1.31. The molecule has 74 valence electrons. The first-order valence-electron chi connectivity index (χ1n) is 4.68. The van der Waals surface area contributed by atoms with Gasteiger partial charge >= 0.3 is 0 Å². The Morgan fingerprint density at radius 3 is 3.00 bits per heavy atom. The number of aromatic nitrogens is 1. The molecule has 2 N–H and O–H groups in total. The second-order valence-corrected chi connectivity index (χ2v) is 3.04. The van der Waals surface area contributed by atoms with E-state index in [-0.39, 0.29) is 0 Å². The van der Waals surface area contributed by atoms with E-state index in [1.54, 1.807) is 6.20 Å². The third-order valence-electron chi connectivity index (χ3n) is 1.89. The Morgan fingerprint density at radius 2 is 2.43 bits per heavy atom. The average Bonchev–Trinajstić information content (AvgIpc) is 2.18. The first-order chi connectivity index (χ1) is 6.79. The summed E-state index contributed by atoms with van der Waals surface area (Å²) in [7, 11) is 0. The molecular weight excluding hydrogens is 174 g/mol. The van der Waals surface area contributed by atoms with Crippen LogP contribution in [0.2, 0.25) is 0 Å². The van der Waals surface area contributed by atoms with Crippen molar-refractivity contribution in [2.75, 3.05) is 23.7 Å². The van der Waals surface area contributed by atoms with Crippen LogP contribution in [0, 0.1) is 12.3 Å². The van der Waals surface area contributed by atoms with Crippen molar-refractivity contribution in [2.24, 2.45) is 0 Å². The second kappa shape index (κ2) is 5.13. The average molecular weight is 189 g/mol. The lowest BCUT2D eigenvalue weighted by molar-refractivity contribution is 0.810. The maximum atomic E-state index is 5.81. The zero-order chi connectivity index (χ0) is 10.4. The third kappa shape index (κ3) is 2.40. The van der Waals surface area contributed by atoms with Crippen LogP contribution in [0.15, 0.2) is 18.3 Å². The number of terminal acetylenes is 1. The lowest BCUT2D eigenvalue weighted by atomic mass is 10.3. The second-order valence-electron chi connectivity index (χ2n) is 3.04. The lowest BCUT2D eigenvalue weighted by Gasteiger charge is -2.21. The van der Waals surface area contributed by atoms with E-state index in [9.17, 15) is 0 Å². The highest BCUT2D eigenvalue weighted by Gasteiger charge is 2.07. The lowest BCUT2D eigenvalue weighted by Crippen LogP contribution is -2.26. The molecule has 0 saturated heterocycles. The maximum absolute atomic E-state index is 5.81. The van der Waals surface area contributed by atoms with Gasteiger partial charge < -0.3 is 10.6 Å². The third-order valence-corrected chi connectivity index (χ3v) is 1.89. The summed E-state index contributed by atoms with van der Waals surface area (Å²) in [6.45, 7) is 3.53. The molecule has 0 fully saturated rings. The molecule has 1 aromatic rings. The normalized spacial score (nSPS) is 9.43. The van der Waals surface area contributed by atoms with Crippen molar-refractivity contribution in [2.45, 2.75) is 13.3 Å². The van der Waals surface area contributed by atoms with Crippen LogP contribution >= 0.6 is 0 Å². The SMILES string of the molecule is C#CCN(CCC)c1ncccc1N. The Morgan fingerprint density at radius 1 is 1.64 bits per heavy atom. The molecule has 0 radical (unpaired) electrons. The number of nitrogens with zero attached hydrogens (tertiary/aromatic N) is 2. The molecule has 1 heterocycles. The van der Waals surface area contributed by atoms with Crippen molar-refractivity contribution in [3.63, 3.8) is 0 Å². The molecule has 0 amide bonds. The van der Waals surface area contributed by atoms with Gasteiger partial charge in [-0.3, -0.25) is 0 Å². The number of hydrogen-bond donors (Lipinski definition) is 1. The van der Waals surface area contributed by atoms with E-state index < -0.39 is 0 Å². The Labute approximate surface area is 84.9 Å². The molecule has 0 unspecified atom stereocenters. The van der Waals surface area contributed by atoms with E-state index in [0.717, 1.165) is 18.8 Å². The van der Waals surface area contributed by atoms with Gasteiger partial charge in [0, 0.05) is 12.7 Å². The van der Waals surface area contributed by atoms with Crippen LogP contribution in [0.5, 0.6) is 0 Å². The fourth-order valence-corrected chi connectivity index (χ4v) is 1.31. The summed E-state index contributed by atoms with van der Waals surface area (Å²) >= 11 is 0. The van der Waals surface area contributed by atoms with Crippen LogP contribution in [-0.2, 0) is 0 Å². The number of hydrogen-bond acceptors (Lipinski definition) is 3. The first-order valence-corrected chi connectivity index (χ1v) is 4.68. The molecule has 0 aliphatic heterocycles. The molecule has 14 heavy (non-hydrogen) atoms. The van der Waals surface area contributed by atoms with E-state index in [2.05, 4.69) is 17.8 Å².